The summed E-state index contributed by atoms with van der Waals surface area (Å²) in [4.78, 5) is 0. The van der Waals surface area contributed by atoms with Crippen LogP contribution in [0.3, 0.4) is 0 Å². The van der Waals surface area contributed by atoms with E-state index in [0.29, 0.717) is 11.6 Å². The molecule has 4 nitrogen and oxygen atoms in total. The zero-order chi connectivity index (χ0) is 14.0. The minimum Gasteiger partial charge on any atom is -0.326 e. The van der Waals surface area contributed by atoms with Gasteiger partial charge in [0.1, 0.15) is 4.21 Å². The molecule has 0 aliphatic carbocycles. The summed E-state index contributed by atoms with van der Waals surface area (Å²) < 4.78 is 26.9. The van der Waals surface area contributed by atoms with Gasteiger partial charge in [-0.05, 0) is 35.2 Å². The Labute approximate surface area is 125 Å². The van der Waals surface area contributed by atoms with Gasteiger partial charge in [-0.15, -0.1) is 11.3 Å². The van der Waals surface area contributed by atoms with Gasteiger partial charge in [-0.25, -0.2) is 8.42 Å². The van der Waals surface area contributed by atoms with Crippen LogP contribution in [0, 0.1) is 0 Å². The van der Waals surface area contributed by atoms with Gasteiger partial charge < -0.3 is 5.73 Å². The van der Waals surface area contributed by atoms with Crippen LogP contribution >= 0.6 is 34.5 Å². The highest BCUT2D eigenvalue weighted by Crippen LogP contribution is 2.29. The number of anilines is 1. The highest BCUT2D eigenvalue weighted by atomic mass is 35.5. The standard InChI is InChI=1S/C11H10Cl2N2O2S2/c12-8-1-2-10(9(13)4-8)15-19(16,17)11-3-7(5-14)6-18-11/h1-4,6,15H,5,14H2. The molecule has 19 heavy (non-hydrogen) atoms. The SMILES string of the molecule is NCc1csc(S(=O)(=O)Nc2ccc(Cl)cc2Cl)c1. The fourth-order valence-corrected chi connectivity index (χ4v) is 4.18. The third-order valence-corrected chi connectivity index (χ3v) is 5.71. The lowest BCUT2D eigenvalue weighted by Crippen LogP contribution is -2.11. The Bertz CT molecular complexity index is 698. The predicted molar refractivity (Wildman–Crippen MR) is 79.5 cm³/mol. The third-order valence-electron chi connectivity index (χ3n) is 2.31. The van der Waals surface area contributed by atoms with E-state index in [9.17, 15) is 8.42 Å². The maximum atomic E-state index is 12.1. The van der Waals surface area contributed by atoms with Crippen molar-refractivity contribution in [3.05, 3.63) is 45.3 Å². The van der Waals surface area contributed by atoms with Crippen LogP contribution < -0.4 is 10.5 Å². The molecule has 8 heteroatoms. The lowest BCUT2D eigenvalue weighted by molar-refractivity contribution is 0.603. The van der Waals surface area contributed by atoms with Crippen LogP contribution in [0.15, 0.2) is 33.9 Å². The van der Waals surface area contributed by atoms with Crippen LogP contribution in [0.1, 0.15) is 5.56 Å². The number of benzene rings is 1. The van der Waals surface area contributed by atoms with Crippen molar-refractivity contribution in [2.45, 2.75) is 10.8 Å². The Balaban J connectivity index is 2.30. The maximum absolute atomic E-state index is 12.1. The molecule has 0 amide bonds. The van der Waals surface area contributed by atoms with Gasteiger partial charge in [0.2, 0.25) is 0 Å². The zero-order valence-electron chi connectivity index (χ0n) is 9.56. The summed E-state index contributed by atoms with van der Waals surface area (Å²) in [6.45, 7) is 0.299. The van der Waals surface area contributed by atoms with Crippen molar-refractivity contribution in [2.75, 3.05) is 4.72 Å². The molecule has 0 fully saturated rings. The molecule has 1 heterocycles. The Morgan fingerprint density at radius 3 is 2.58 bits per heavy atom. The van der Waals surface area contributed by atoms with Crippen LogP contribution in [-0.4, -0.2) is 8.42 Å². The van der Waals surface area contributed by atoms with Crippen LogP contribution in [0.2, 0.25) is 10.0 Å². The van der Waals surface area contributed by atoms with Gasteiger partial charge >= 0.3 is 0 Å². The molecule has 2 aromatic rings. The summed E-state index contributed by atoms with van der Waals surface area (Å²) in [5.74, 6) is 0. The molecular weight excluding hydrogens is 327 g/mol. The average molecular weight is 337 g/mol. The van der Waals surface area contributed by atoms with Gasteiger partial charge in [-0.1, -0.05) is 23.2 Å². The summed E-state index contributed by atoms with van der Waals surface area (Å²) in [6.07, 6.45) is 0. The number of halogens is 2. The molecule has 0 saturated heterocycles. The van der Waals surface area contributed by atoms with Crippen molar-refractivity contribution >= 4 is 50.2 Å². The monoisotopic (exact) mass is 336 g/mol. The van der Waals surface area contributed by atoms with E-state index < -0.39 is 10.0 Å². The summed E-state index contributed by atoms with van der Waals surface area (Å²) >= 11 is 12.8. The molecule has 0 aliphatic heterocycles. The molecule has 1 aromatic carbocycles. The summed E-state index contributed by atoms with van der Waals surface area (Å²) in [5, 5.41) is 2.39. The number of rotatable bonds is 4. The molecule has 1 aromatic heterocycles. The number of thiophene rings is 1. The lowest BCUT2D eigenvalue weighted by atomic mass is 10.3. The van der Waals surface area contributed by atoms with E-state index in [4.69, 9.17) is 28.9 Å². The molecule has 0 radical (unpaired) electrons. The Morgan fingerprint density at radius 1 is 1.26 bits per heavy atom. The largest absolute Gasteiger partial charge is 0.326 e. The van der Waals surface area contributed by atoms with Gasteiger partial charge in [-0.2, -0.15) is 0 Å². The fraction of sp³-hybridized carbons (Fsp3) is 0.0909. The predicted octanol–water partition coefficient (Wildman–Crippen LogP) is 3.31. The number of sulfonamides is 1. The average Bonchev–Trinajstić information content (AvgIpc) is 2.82. The molecule has 2 rings (SSSR count). The van der Waals surface area contributed by atoms with E-state index in [2.05, 4.69) is 4.72 Å². The van der Waals surface area contributed by atoms with Gasteiger partial charge in [0.25, 0.3) is 10.0 Å². The minimum atomic E-state index is -3.65. The fourth-order valence-electron chi connectivity index (χ4n) is 1.37. The van der Waals surface area contributed by atoms with Gasteiger partial charge in [0.15, 0.2) is 0 Å². The summed E-state index contributed by atoms with van der Waals surface area (Å²) in [7, 11) is -3.65. The van der Waals surface area contributed by atoms with Crippen molar-refractivity contribution in [1.82, 2.24) is 0 Å². The van der Waals surface area contributed by atoms with E-state index >= 15 is 0 Å². The first kappa shape index (κ1) is 14.6. The molecular formula is C11H10Cl2N2O2S2. The third kappa shape index (κ3) is 3.40. The van der Waals surface area contributed by atoms with Crippen molar-refractivity contribution in [3.63, 3.8) is 0 Å². The Morgan fingerprint density at radius 2 is 2.00 bits per heavy atom. The molecule has 0 bridgehead atoms. The van der Waals surface area contributed by atoms with Gasteiger partial charge in [0, 0.05) is 11.6 Å². The van der Waals surface area contributed by atoms with Crippen molar-refractivity contribution in [2.24, 2.45) is 5.73 Å². The van der Waals surface area contributed by atoms with E-state index in [1.54, 1.807) is 11.4 Å². The summed E-state index contributed by atoms with van der Waals surface area (Å²) in [6, 6.07) is 6.09. The highest BCUT2D eigenvalue weighted by Gasteiger charge is 2.18. The van der Waals surface area contributed by atoms with E-state index in [1.807, 2.05) is 0 Å². The van der Waals surface area contributed by atoms with Crippen LogP contribution in [-0.2, 0) is 16.6 Å². The molecule has 0 aliphatic rings. The molecule has 3 N–H and O–H groups in total. The zero-order valence-corrected chi connectivity index (χ0v) is 12.7. The van der Waals surface area contributed by atoms with Crippen molar-refractivity contribution in [3.8, 4) is 0 Å². The normalized spacial score (nSPS) is 11.5. The molecule has 102 valence electrons. The van der Waals surface area contributed by atoms with Crippen molar-refractivity contribution < 1.29 is 8.42 Å². The topological polar surface area (TPSA) is 72.2 Å². The first-order chi connectivity index (χ1) is 8.92. The van der Waals surface area contributed by atoms with Crippen molar-refractivity contribution in [1.29, 1.82) is 0 Å². The van der Waals surface area contributed by atoms with Gasteiger partial charge in [0.05, 0.1) is 10.7 Å². The summed E-state index contributed by atoms with van der Waals surface area (Å²) in [5.41, 5.74) is 6.51. The second-order valence-corrected chi connectivity index (χ2v) is 7.37. The Kier molecular flexibility index (Phi) is 4.37. The molecule has 0 spiro atoms. The van der Waals surface area contributed by atoms with Crippen LogP contribution in [0.25, 0.3) is 0 Å². The number of nitrogens with two attached hydrogens (primary N) is 1. The van der Waals surface area contributed by atoms with E-state index in [1.165, 1.54) is 18.2 Å². The minimum absolute atomic E-state index is 0.193. The second-order valence-electron chi connectivity index (χ2n) is 3.71. The van der Waals surface area contributed by atoms with E-state index in [0.717, 1.165) is 16.9 Å². The van der Waals surface area contributed by atoms with Gasteiger partial charge in [-0.3, -0.25) is 4.72 Å². The number of hydrogen-bond donors (Lipinski definition) is 2. The number of hydrogen-bond acceptors (Lipinski definition) is 4. The molecule has 0 saturated carbocycles. The van der Waals surface area contributed by atoms with Crippen LogP contribution in [0.5, 0.6) is 0 Å². The highest BCUT2D eigenvalue weighted by molar-refractivity contribution is 7.94. The molecule has 0 atom stereocenters. The van der Waals surface area contributed by atoms with E-state index in [-0.39, 0.29) is 14.9 Å². The molecule has 0 unspecified atom stereocenters. The smallest absolute Gasteiger partial charge is 0.271 e. The lowest BCUT2D eigenvalue weighted by Gasteiger charge is -2.08. The Hall–Kier alpha value is -0.790. The first-order valence-corrected chi connectivity index (χ1v) is 8.29. The number of nitrogens with one attached hydrogen (secondary N) is 1. The maximum Gasteiger partial charge on any atom is 0.271 e. The first-order valence-electron chi connectivity index (χ1n) is 5.18. The second kappa shape index (κ2) is 5.68. The quantitative estimate of drug-likeness (QED) is 0.899. The van der Waals surface area contributed by atoms with Crippen LogP contribution in [0.4, 0.5) is 5.69 Å².